The van der Waals surface area contributed by atoms with Gasteiger partial charge in [-0.2, -0.15) is 0 Å². The summed E-state index contributed by atoms with van der Waals surface area (Å²) < 4.78 is 13.2. The molecule has 0 aromatic heterocycles. The van der Waals surface area contributed by atoms with E-state index in [4.69, 9.17) is 9.47 Å². The van der Waals surface area contributed by atoms with Gasteiger partial charge in [-0.1, -0.05) is 57.7 Å². The highest BCUT2D eigenvalue weighted by molar-refractivity contribution is 9.10. The van der Waals surface area contributed by atoms with Gasteiger partial charge in [-0.3, -0.25) is 0 Å². The highest BCUT2D eigenvalue weighted by Crippen LogP contribution is 2.55. The number of hydrogen-bond donors (Lipinski definition) is 0. The molecule has 1 unspecified atom stereocenters. The van der Waals surface area contributed by atoms with Crippen molar-refractivity contribution in [1.82, 2.24) is 0 Å². The van der Waals surface area contributed by atoms with Crippen molar-refractivity contribution in [3.05, 3.63) is 93.6 Å². The summed E-state index contributed by atoms with van der Waals surface area (Å²) in [6, 6.07) is 10.7. The fraction of sp³-hybridized carbons (Fsp3) is 0.240. The quantitative estimate of drug-likeness (QED) is 0.151. The molecule has 5 heteroatoms. The summed E-state index contributed by atoms with van der Waals surface area (Å²) in [5.74, 6) is 0.126. The fourth-order valence-corrected chi connectivity index (χ4v) is 5.15. The molecule has 0 spiro atoms. The highest BCUT2D eigenvalue weighted by Gasteiger charge is 2.44. The maximum Gasteiger partial charge on any atom is 0.330 e. The van der Waals surface area contributed by atoms with Gasteiger partial charge < -0.3 is 9.47 Å². The Morgan fingerprint density at radius 3 is 2.33 bits per heavy atom. The molecule has 1 atom stereocenters. The lowest BCUT2D eigenvalue weighted by Crippen LogP contribution is -2.29. The molecule has 1 aliphatic carbocycles. The molecule has 3 rings (SSSR count). The summed E-state index contributed by atoms with van der Waals surface area (Å²) in [5, 5.41) is 0. The van der Waals surface area contributed by atoms with E-state index in [0.29, 0.717) is 25.2 Å². The molecule has 3 nitrogen and oxygen atoms in total. The van der Waals surface area contributed by atoms with Gasteiger partial charge in [-0.15, -0.1) is 0 Å². The minimum absolute atomic E-state index is 0.282. The zero-order valence-corrected chi connectivity index (χ0v) is 20.1. The number of rotatable bonds is 9. The Morgan fingerprint density at radius 2 is 1.67 bits per heavy atom. The average Bonchev–Trinajstić information content (AvgIpc) is 2.97. The topological polar surface area (TPSA) is 35.5 Å². The Balaban J connectivity index is 2.12. The van der Waals surface area contributed by atoms with Crippen molar-refractivity contribution in [3.8, 4) is 11.1 Å². The summed E-state index contributed by atoms with van der Waals surface area (Å²) >= 11 is 7.30. The van der Waals surface area contributed by atoms with Crippen LogP contribution in [0, 0.1) is 6.92 Å². The van der Waals surface area contributed by atoms with Crippen molar-refractivity contribution in [2.75, 3.05) is 13.2 Å². The molecular weight excluding hydrogens is 508 g/mol. The van der Waals surface area contributed by atoms with E-state index in [0.717, 1.165) is 8.95 Å². The van der Waals surface area contributed by atoms with E-state index in [9.17, 15) is 4.79 Å². The Labute approximate surface area is 194 Å². The van der Waals surface area contributed by atoms with E-state index < -0.39 is 5.97 Å². The molecule has 1 aliphatic rings. The number of halogens is 2. The summed E-state index contributed by atoms with van der Waals surface area (Å²) in [5.41, 5.74) is 5.69. The van der Waals surface area contributed by atoms with E-state index in [-0.39, 0.29) is 12.0 Å². The summed E-state index contributed by atoms with van der Waals surface area (Å²) in [7, 11) is 0. The Kier molecular flexibility index (Phi) is 7.04. The van der Waals surface area contributed by atoms with Crippen molar-refractivity contribution in [1.29, 1.82) is 0 Å². The molecule has 0 saturated heterocycles. The van der Waals surface area contributed by atoms with Gasteiger partial charge in [0.25, 0.3) is 0 Å². The van der Waals surface area contributed by atoms with E-state index in [1.807, 2.05) is 0 Å². The summed E-state index contributed by atoms with van der Waals surface area (Å²) in [6.07, 6.45) is 4.13. The van der Waals surface area contributed by atoms with Crippen molar-refractivity contribution in [2.24, 2.45) is 0 Å². The number of carbonyl (C=O) groups excluding carboxylic acids is 1. The standard InChI is InChI=1S/C25H24Br2O3/c1-5-17(4)29-11-9-25(10-12-30-23(28)6-2)21-14-18(26)7-8-20(21)24-16(3)13-19(27)15-22(24)25/h5-8,13-15H,1-2,4,9-12H2,3H3. The van der Waals surface area contributed by atoms with Crippen LogP contribution in [0.5, 0.6) is 0 Å². The number of fused-ring (bicyclic) bond motifs is 3. The van der Waals surface area contributed by atoms with Crippen LogP contribution in [-0.4, -0.2) is 19.2 Å². The predicted molar refractivity (Wildman–Crippen MR) is 128 cm³/mol. The van der Waals surface area contributed by atoms with E-state index in [1.165, 1.54) is 33.9 Å². The molecule has 0 heterocycles. The number of ether oxygens (including phenoxy) is 2. The van der Waals surface area contributed by atoms with E-state index in [1.54, 1.807) is 6.08 Å². The molecule has 0 amide bonds. The number of allylic oxidation sites excluding steroid dienone is 1. The lowest BCUT2D eigenvalue weighted by molar-refractivity contribution is -0.138. The third-order valence-corrected chi connectivity index (χ3v) is 6.52. The zero-order valence-electron chi connectivity index (χ0n) is 17.0. The molecule has 0 radical (unpaired) electrons. The molecule has 0 fully saturated rings. The first-order valence-corrected chi connectivity index (χ1v) is 11.3. The predicted octanol–water partition coefficient (Wildman–Crippen LogP) is 7.01. The van der Waals surface area contributed by atoms with Crippen LogP contribution in [0.1, 0.15) is 29.5 Å². The SMILES string of the molecule is C=CC(=C)OCCC1(CCOC(=O)C=C)c2cc(Br)ccc2-c2c(C)cc(Br)cc21. The smallest absolute Gasteiger partial charge is 0.330 e. The van der Waals surface area contributed by atoms with Crippen LogP contribution < -0.4 is 0 Å². The first kappa shape index (κ1) is 22.6. The monoisotopic (exact) mass is 530 g/mol. The van der Waals surface area contributed by atoms with Crippen LogP contribution >= 0.6 is 31.9 Å². The van der Waals surface area contributed by atoms with Gasteiger partial charge in [-0.05, 0) is 77.9 Å². The molecule has 0 bridgehead atoms. The molecule has 0 saturated carbocycles. The Morgan fingerprint density at radius 1 is 1.00 bits per heavy atom. The van der Waals surface area contributed by atoms with E-state index in [2.05, 4.69) is 88.9 Å². The van der Waals surface area contributed by atoms with Crippen LogP contribution in [0.3, 0.4) is 0 Å². The maximum atomic E-state index is 11.7. The van der Waals surface area contributed by atoms with Crippen LogP contribution in [-0.2, 0) is 19.7 Å². The van der Waals surface area contributed by atoms with Crippen molar-refractivity contribution >= 4 is 37.8 Å². The number of esters is 1. The second kappa shape index (κ2) is 9.36. The third-order valence-electron chi connectivity index (χ3n) is 5.57. The first-order chi connectivity index (χ1) is 14.3. The van der Waals surface area contributed by atoms with Crippen molar-refractivity contribution < 1.29 is 14.3 Å². The van der Waals surface area contributed by atoms with Gasteiger partial charge in [0.05, 0.1) is 13.2 Å². The number of aryl methyl sites for hydroxylation is 1. The van der Waals surface area contributed by atoms with Crippen LogP contribution in [0.4, 0.5) is 0 Å². The molecule has 2 aromatic rings. The minimum atomic E-state index is -0.417. The molecule has 0 N–H and O–H groups in total. The van der Waals surface area contributed by atoms with Crippen LogP contribution in [0.25, 0.3) is 11.1 Å². The van der Waals surface area contributed by atoms with Crippen molar-refractivity contribution in [3.63, 3.8) is 0 Å². The minimum Gasteiger partial charge on any atom is -0.494 e. The van der Waals surface area contributed by atoms with Gasteiger partial charge in [0.1, 0.15) is 5.76 Å². The number of carbonyl (C=O) groups is 1. The normalized spacial score (nSPS) is 16.4. The van der Waals surface area contributed by atoms with Crippen LogP contribution in [0.15, 0.2) is 76.9 Å². The molecule has 156 valence electrons. The summed E-state index contributed by atoms with van der Waals surface area (Å²) in [4.78, 5) is 11.7. The molecular formula is C25H24Br2O3. The highest BCUT2D eigenvalue weighted by atomic mass is 79.9. The van der Waals surface area contributed by atoms with Gasteiger partial charge in [0.2, 0.25) is 0 Å². The maximum absolute atomic E-state index is 11.7. The van der Waals surface area contributed by atoms with Gasteiger partial charge in [0, 0.05) is 20.4 Å². The third kappa shape index (κ3) is 4.33. The summed E-state index contributed by atoms with van der Waals surface area (Å²) in [6.45, 7) is 13.9. The largest absolute Gasteiger partial charge is 0.494 e. The molecule has 30 heavy (non-hydrogen) atoms. The lowest BCUT2D eigenvalue weighted by atomic mass is 9.73. The Hall–Kier alpha value is -2.11. The van der Waals surface area contributed by atoms with Gasteiger partial charge in [-0.25, -0.2) is 4.79 Å². The second-order valence-electron chi connectivity index (χ2n) is 7.31. The first-order valence-electron chi connectivity index (χ1n) is 9.66. The zero-order chi connectivity index (χ0) is 21.9. The molecule has 0 aliphatic heterocycles. The number of hydrogen-bond acceptors (Lipinski definition) is 3. The van der Waals surface area contributed by atoms with E-state index >= 15 is 0 Å². The lowest BCUT2D eigenvalue weighted by Gasteiger charge is -2.32. The van der Waals surface area contributed by atoms with Crippen LogP contribution in [0.2, 0.25) is 0 Å². The second-order valence-corrected chi connectivity index (χ2v) is 9.14. The van der Waals surface area contributed by atoms with Gasteiger partial charge >= 0.3 is 5.97 Å². The average molecular weight is 532 g/mol. The van der Waals surface area contributed by atoms with Crippen molar-refractivity contribution in [2.45, 2.75) is 25.2 Å². The fourth-order valence-electron chi connectivity index (χ4n) is 4.22. The van der Waals surface area contributed by atoms with Gasteiger partial charge in [0.15, 0.2) is 0 Å². The molecule has 2 aromatic carbocycles. The number of benzene rings is 2. The Bertz CT molecular complexity index is 997.